The van der Waals surface area contributed by atoms with Crippen molar-refractivity contribution in [3.8, 4) is 0 Å². The van der Waals surface area contributed by atoms with Crippen LogP contribution in [-0.2, 0) is 14.2 Å². The van der Waals surface area contributed by atoms with E-state index < -0.39 is 0 Å². The minimum atomic E-state index is -0.145. The van der Waals surface area contributed by atoms with Crippen LogP contribution in [0.1, 0.15) is 46.0 Å². The van der Waals surface area contributed by atoms with E-state index in [1.165, 1.54) is 25.7 Å². The Bertz CT molecular complexity index is 325. The third-order valence-electron chi connectivity index (χ3n) is 5.55. The molecule has 0 bridgehead atoms. The highest BCUT2D eigenvalue weighted by molar-refractivity contribution is 4.93. The lowest BCUT2D eigenvalue weighted by Gasteiger charge is -2.50. The van der Waals surface area contributed by atoms with E-state index in [9.17, 15) is 0 Å². The summed E-state index contributed by atoms with van der Waals surface area (Å²) in [6.07, 6.45) is 6.53. The normalized spacial score (nSPS) is 48.5. The van der Waals surface area contributed by atoms with Crippen LogP contribution in [0.15, 0.2) is 0 Å². The van der Waals surface area contributed by atoms with Crippen molar-refractivity contribution in [1.82, 2.24) is 0 Å². The Morgan fingerprint density at radius 3 is 2.75 bits per heavy atom. The summed E-state index contributed by atoms with van der Waals surface area (Å²) in [6, 6.07) is 0. The molecule has 3 rings (SSSR count). The second kappa shape index (κ2) is 6.30. The van der Waals surface area contributed by atoms with Gasteiger partial charge in [-0.1, -0.05) is 13.3 Å². The van der Waals surface area contributed by atoms with Crippen LogP contribution in [0.25, 0.3) is 0 Å². The number of nitrogens with two attached hydrogens (primary N) is 1. The molecule has 3 aliphatic rings. The highest BCUT2D eigenvalue weighted by atomic mass is 16.8. The van der Waals surface area contributed by atoms with E-state index >= 15 is 0 Å². The minimum absolute atomic E-state index is 0.0678. The van der Waals surface area contributed by atoms with Crippen molar-refractivity contribution in [3.63, 3.8) is 0 Å². The average molecular weight is 283 g/mol. The molecule has 0 aromatic carbocycles. The van der Waals surface area contributed by atoms with Crippen molar-refractivity contribution < 1.29 is 14.2 Å². The Balaban J connectivity index is 1.78. The Morgan fingerprint density at radius 2 is 1.95 bits per heavy atom. The van der Waals surface area contributed by atoms with Crippen LogP contribution >= 0.6 is 0 Å². The summed E-state index contributed by atoms with van der Waals surface area (Å²) in [5, 5.41) is 0. The van der Waals surface area contributed by atoms with E-state index in [4.69, 9.17) is 19.9 Å². The zero-order valence-electron chi connectivity index (χ0n) is 12.8. The molecule has 1 aliphatic carbocycles. The molecule has 1 saturated carbocycles. The fourth-order valence-corrected chi connectivity index (χ4v) is 4.52. The summed E-state index contributed by atoms with van der Waals surface area (Å²) >= 11 is 0. The second-order valence-corrected chi connectivity index (χ2v) is 6.85. The predicted molar refractivity (Wildman–Crippen MR) is 76.9 cm³/mol. The van der Waals surface area contributed by atoms with Gasteiger partial charge in [-0.3, -0.25) is 0 Å². The Hall–Kier alpha value is -0.160. The molecule has 20 heavy (non-hydrogen) atoms. The fraction of sp³-hybridized carbons (Fsp3) is 1.00. The lowest BCUT2D eigenvalue weighted by Crippen LogP contribution is -2.52. The van der Waals surface area contributed by atoms with Crippen molar-refractivity contribution in [2.24, 2.45) is 29.4 Å². The monoisotopic (exact) mass is 283 g/mol. The molecule has 0 aromatic rings. The van der Waals surface area contributed by atoms with Crippen molar-refractivity contribution >= 4 is 0 Å². The van der Waals surface area contributed by atoms with Gasteiger partial charge in [0.25, 0.3) is 0 Å². The Labute approximate surface area is 122 Å². The molecule has 2 heterocycles. The lowest BCUT2D eigenvalue weighted by molar-refractivity contribution is -0.331. The van der Waals surface area contributed by atoms with Gasteiger partial charge in [-0.15, -0.1) is 0 Å². The molecule has 0 spiro atoms. The predicted octanol–water partition coefficient (Wildman–Crippen LogP) is 2.51. The van der Waals surface area contributed by atoms with Gasteiger partial charge in [0.05, 0.1) is 12.7 Å². The molecule has 7 atom stereocenters. The standard InChI is InChI=1S/C16H29NO3/c1-10-6-7-12-4-3-5-13-11(2)15(18-9-8-17)20-16(19-10)14(12)13/h10-16H,3-9,17H2,1-2H3. The van der Waals surface area contributed by atoms with Crippen LogP contribution in [-0.4, -0.2) is 31.8 Å². The maximum atomic E-state index is 6.19. The summed E-state index contributed by atoms with van der Waals surface area (Å²) in [5.41, 5.74) is 5.56. The Morgan fingerprint density at radius 1 is 1.10 bits per heavy atom. The number of hydrogen-bond acceptors (Lipinski definition) is 4. The van der Waals surface area contributed by atoms with Crippen LogP contribution in [0.3, 0.4) is 0 Å². The molecule has 0 aromatic heterocycles. The molecule has 116 valence electrons. The molecule has 4 heteroatoms. The minimum Gasteiger partial charge on any atom is -0.351 e. The molecule has 2 aliphatic heterocycles. The van der Waals surface area contributed by atoms with Gasteiger partial charge in [0.1, 0.15) is 0 Å². The molecule has 0 amide bonds. The molecular weight excluding hydrogens is 254 g/mol. The first-order valence-electron chi connectivity index (χ1n) is 8.33. The van der Waals surface area contributed by atoms with Crippen LogP contribution in [0.2, 0.25) is 0 Å². The van der Waals surface area contributed by atoms with Crippen molar-refractivity contribution in [2.45, 2.75) is 64.6 Å². The fourth-order valence-electron chi connectivity index (χ4n) is 4.52. The summed E-state index contributed by atoms with van der Waals surface area (Å²) in [6.45, 7) is 5.56. The molecule has 7 unspecified atom stereocenters. The molecule has 3 fully saturated rings. The number of rotatable bonds is 3. The van der Waals surface area contributed by atoms with Gasteiger partial charge < -0.3 is 19.9 Å². The summed E-state index contributed by atoms with van der Waals surface area (Å²) in [7, 11) is 0. The maximum absolute atomic E-state index is 6.19. The van der Waals surface area contributed by atoms with Crippen molar-refractivity contribution in [2.75, 3.05) is 13.2 Å². The van der Waals surface area contributed by atoms with E-state index in [0.717, 1.165) is 12.3 Å². The summed E-state index contributed by atoms with van der Waals surface area (Å²) in [5.74, 6) is 2.48. The highest BCUT2D eigenvalue weighted by Crippen LogP contribution is 2.50. The molecule has 4 nitrogen and oxygen atoms in total. The topological polar surface area (TPSA) is 53.7 Å². The first kappa shape index (κ1) is 14.8. The lowest BCUT2D eigenvalue weighted by atomic mass is 9.65. The number of hydrogen-bond donors (Lipinski definition) is 1. The van der Waals surface area contributed by atoms with E-state index in [0.29, 0.717) is 37.0 Å². The molecular formula is C16H29NO3. The highest BCUT2D eigenvalue weighted by Gasteiger charge is 2.50. The van der Waals surface area contributed by atoms with Gasteiger partial charge in [-0.2, -0.15) is 0 Å². The van der Waals surface area contributed by atoms with Crippen LogP contribution in [0.4, 0.5) is 0 Å². The van der Waals surface area contributed by atoms with E-state index in [-0.39, 0.29) is 12.6 Å². The third kappa shape index (κ3) is 2.76. The first-order valence-corrected chi connectivity index (χ1v) is 8.33. The van der Waals surface area contributed by atoms with Gasteiger partial charge in [-0.25, -0.2) is 0 Å². The van der Waals surface area contributed by atoms with Gasteiger partial charge >= 0.3 is 0 Å². The molecule has 2 saturated heterocycles. The van der Waals surface area contributed by atoms with Crippen molar-refractivity contribution in [3.05, 3.63) is 0 Å². The van der Waals surface area contributed by atoms with Crippen LogP contribution < -0.4 is 5.73 Å². The number of ether oxygens (including phenoxy) is 3. The van der Waals surface area contributed by atoms with E-state index in [2.05, 4.69) is 13.8 Å². The van der Waals surface area contributed by atoms with E-state index in [1.807, 2.05) is 0 Å². The van der Waals surface area contributed by atoms with Gasteiger partial charge in [-0.05, 0) is 44.4 Å². The average Bonchev–Trinajstić information content (AvgIpc) is 2.61. The van der Waals surface area contributed by atoms with Crippen LogP contribution in [0.5, 0.6) is 0 Å². The van der Waals surface area contributed by atoms with Crippen molar-refractivity contribution in [1.29, 1.82) is 0 Å². The molecule has 2 N–H and O–H groups in total. The van der Waals surface area contributed by atoms with Gasteiger partial charge in [0.15, 0.2) is 12.6 Å². The zero-order chi connectivity index (χ0) is 14.1. The quantitative estimate of drug-likeness (QED) is 0.864. The maximum Gasteiger partial charge on any atom is 0.164 e. The molecule has 0 radical (unpaired) electrons. The second-order valence-electron chi connectivity index (χ2n) is 6.85. The zero-order valence-corrected chi connectivity index (χ0v) is 12.8. The third-order valence-corrected chi connectivity index (χ3v) is 5.55. The SMILES string of the molecule is CC1CCC2CCCC3C(C)C(OCCN)OC(O1)C23. The smallest absolute Gasteiger partial charge is 0.164 e. The van der Waals surface area contributed by atoms with Crippen LogP contribution in [0, 0.1) is 23.7 Å². The largest absolute Gasteiger partial charge is 0.351 e. The first-order chi connectivity index (χ1) is 9.70. The Kier molecular flexibility index (Phi) is 4.65. The van der Waals surface area contributed by atoms with Gasteiger partial charge in [0.2, 0.25) is 0 Å². The van der Waals surface area contributed by atoms with E-state index in [1.54, 1.807) is 0 Å². The summed E-state index contributed by atoms with van der Waals surface area (Å²) < 4.78 is 18.2. The van der Waals surface area contributed by atoms with Gasteiger partial charge in [0, 0.05) is 18.4 Å². The summed E-state index contributed by atoms with van der Waals surface area (Å²) in [4.78, 5) is 0.